The van der Waals surface area contributed by atoms with Crippen molar-refractivity contribution < 1.29 is 30.2 Å². The summed E-state index contributed by atoms with van der Waals surface area (Å²) in [6.45, 7) is -0.160. The van der Waals surface area contributed by atoms with Crippen LogP contribution in [-0.2, 0) is 9.31 Å². The number of rotatable bonds is 2. The zero-order chi connectivity index (χ0) is 25.1. The molecule has 2 saturated heterocycles. The maximum absolute atomic E-state index is 8.23. The maximum Gasteiger partial charge on any atom is 0.532 e. The van der Waals surface area contributed by atoms with Gasteiger partial charge in [-0.25, -0.2) is 0 Å². The fraction of sp³-hybridized carbons (Fsp3) is 0.733. The standard InChI is InChI=1S/C15H24BNO3/c1-14(2)15(3,4)20-16(19-14)12-8-9-13(18-12)17-10-6-5-7-11-17/h8-9H,5-7,10-11H2,1-4H3/i5D2,6D2,7D2,8D,9D,10D2,11D2. The lowest BCUT2D eigenvalue weighted by atomic mass is 9.86. The highest BCUT2D eigenvalue weighted by molar-refractivity contribution is 6.60. The Morgan fingerprint density at radius 3 is 2.30 bits per heavy atom. The Labute approximate surface area is 138 Å². The number of nitrogens with zero attached hydrogens (tertiary/aromatic N) is 1. The quantitative estimate of drug-likeness (QED) is 0.784. The zero-order valence-corrected chi connectivity index (χ0v) is 11.7. The molecule has 20 heavy (non-hydrogen) atoms. The molecule has 3 rings (SSSR count). The number of hydrogen-bond donors (Lipinski definition) is 0. The van der Waals surface area contributed by atoms with Crippen molar-refractivity contribution in [2.24, 2.45) is 0 Å². The van der Waals surface area contributed by atoms with Crippen LogP contribution in [0.15, 0.2) is 16.5 Å². The lowest BCUT2D eigenvalue weighted by Crippen LogP contribution is -2.41. The Hall–Kier alpha value is -0.935. The van der Waals surface area contributed by atoms with Crippen molar-refractivity contribution in [3.05, 3.63) is 12.1 Å². The van der Waals surface area contributed by atoms with E-state index in [0.717, 1.165) is 0 Å². The smallest absolute Gasteiger partial charge is 0.449 e. The topological polar surface area (TPSA) is 34.8 Å². The minimum absolute atomic E-state index is 0.0730. The molecule has 0 amide bonds. The molecule has 0 N–H and O–H groups in total. The van der Waals surface area contributed by atoms with Crippen LogP contribution >= 0.6 is 0 Å². The minimum atomic E-state index is -3.60. The third-order valence-corrected chi connectivity index (χ3v) is 3.63. The molecule has 2 fully saturated rings. The Morgan fingerprint density at radius 2 is 1.70 bits per heavy atom. The van der Waals surface area contributed by atoms with E-state index < -0.39 is 74.1 Å². The molecule has 0 atom stereocenters. The molecule has 3 heterocycles. The Bertz CT molecular complexity index is 898. The summed E-state index contributed by atoms with van der Waals surface area (Å²) < 4.78 is 114. The van der Waals surface area contributed by atoms with E-state index >= 15 is 0 Å². The molecule has 110 valence electrons. The van der Waals surface area contributed by atoms with Crippen LogP contribution in [0.1, 0.15) is 63.3 Å². The Kier molecular flexibility index (Phi) is 1.37. The molecule has 0 radical (unpaired) electrons. The van der Waals surface area contributed by atoms with Crippen LogP contribution in [0.3, 0.4) is 0 Å². The molecular weight excluding hydrogens is 253 g/mol. The first-order valence-electron chi connectivity index (χ1n) is 12.2. The second-order valence-electron chi connectivity index (χ2n) is 5.54. The van der Waals surface area contributed by atoms with Gasteiger partial charge >= 0.3 is 7.12 Å². The monoisotopic (exact) mass is 289 g/mol. The molecule has 5 heteroatoms. The fourth-order valence-electron chi connectivity index (χ4n) is 1.76. The predicted octanol–water partition coefficient (Wildman–Crippen LogP) is 2.57. The van der Waals surface area contributed by atoms with Gasteiger partial charge in [0, 0.05) is 32.7 Å². The third-order valence-electron chi connectivity index (χ3n) is 3.63. The van der Waals surface area contributed by atoms with Gasteiger partial charge in [-0.3, -0.25) is 0 Å². The highest BCUT2D eigenvalue weighted by Crippen LogP contribution is 2.36. The van der Waals surface area contributed by atoms with Crippen LogP contribution in [-0.4, -0.2) is 31.3 Å². The van der Waals surface area contributed by atoms with Crippen molar-refractivity contribution in [3.63, 3.8) is 0 Å². The highest BCUT2D eigenvalue weighted by Gasteiger charge is 2.53. The molecule has 0 bridgehead atoms. The molecule has 4 nitrogen and oxygen atoms in total. The highest BCUT2D eigenvalue weighted by atomic mass is 16.7. The van der Waals surface area contributed by atoms with E-state index in [1.54, 1.807) is 27.7 Å². The average molecular weight is 289 g/mol. The molecule has 0 aliphatic carbocycles. The molecule has 0 saturated carbocycles. The summed E-state index contributed by atoms with van der Waals surface area (Å²) in [5.41, 5.74) is -2.12. The van der Waals surface area contributed by atoms with Gasteiger partial charge in [0.1, 0.15) is 5.66 Å². The second-order valence-corrected chi connectivity index (χ2v) is 5.54. The van der Waals surface area contributed by atoms with Crippen molar-refractivity contribution in [1.29, 1.82) is 0 Å². The summed E-state index contributed by atoms with van der Waals surface area (Å²) in [7, 11) is -1.31. The summed E-state index contributed by atoms with van der Waals surface area (Å²) in [5.74, 6) is -0.974. The molecular formula is C15H24BNO3. The molecule has 2 aliphatic heterocycles. The van der Waals surface area contributed by atoms with Gasteiger partial charge in [-0.1, -0.05) is 0 Å². The summed E-state index contributed by atoms with van der Waals surface area (Å²) in [4.78, 5) is -0.0730. The van der Waals surface area contributed by atoms with E-state index in [1.807, 2.05) is 0 Å². The van der Waals surface area contributed by atoms with Gasteiger partial charge in [0.25, 0.3) is 0 Å². The molecule has 0 unspecified atom stereocenters. The molecule has 0 aromatic carbocycles. The van der Waals surface area contributed by atoms with E-state index in [4.69, 9.17) is 30.2 Å². The first-order chi connectivity index (χ1) is 14.0. The van der Waals surface area contributed by atoms with Crippen LogP contribution in [0.2, 0.25) is 0 Å². The van der Waals surface area contributed by atoms with Crippen LogP contribution in [0.25, 0.3) is 0 Å². The van der Waals surface area contributed by atoms with Crippen molar-refractivity contribution in [1.82, 2.24) is 0 Å². The van der Waals surface area contributed by atoms with Crippen molar-refractivity contribution >= 4 is 18.7 Å². The number of piperidine rings is 1. The normalized spacial score (nSPS) is 46.6. The Morgan fingerprint density at radius 1 is 1.10 bits per heavy atom. The van der Waals surface area contributed by atoms with Gasteiger partial charge in [0.05, 0.1) is 13.9 Å². The van der Waals surface area contributed by atoms with Gasteiger partial charge in [0.15, 0.2) is 5.88 Å². The van der Waals surface area contributed by atoms with Gasteiger partial charge < -0.3 is 18.6 Å². The largest absolute Gasteiger partial charge is 0.532 e. The summed E-state index contributed by atoms with van der Waals surface area (Å²) in [5, 5.41) is 0. The second kappa shape index (κ2) is 4.81. The summed E-state index contributed by atoms with van der Waals surface area (Å²) >= 11 is 0. The summed E-state index contributed by atoms with van der Waals surface area (Å²) in [6, 6.07) is -1.49. The first kappa shape index (κ1) is 5.69. The van der Waals surface area contributed by atoms with Crippen LogP contribution in [0, 0.1) is 0 Å². The SMILES string of the molecule is [2H]c1c(B2OC(C)(C)C(C)(C)O2)oc(N2C([2H])([2H])C([2H])([2H])C([2H])([2H])C([2H])([2H])C2([2H])[2H])c1[2H]. The third kappa shape index (κ3) is 2.37. The number of furan rings is 1. The van der Waals surface area contributed by atoms with Crippen molar-refractivity contribution in [3.8, 4) is 0 Å². The van der Waals surface area contributed by atoms with E-state index in [1.165, 1.54) is 0 Å². The zero-order valence-electron chi connectivity index (χ0n) is 23.7. The van der Waals surface area contributed by atoms with Gasteiger partial charge in [-0.2, -0.15) is 0 Å². The van der Waals surface area contributed by atoms with E-state index in [-0.39, 0.29) is 4.90 Å². The predicted molar refractivity (Wildman–Crippen MR) is 80.5 cm³/mol. The van der Waals surface area contributed by atoms with E-state index in [9.17, 15) is 0 Å². The van der Waals surface area contributed by atoms with Gasteiger partial charge in [-0.05, 0) is 52.9 Å². The maximum atomic E-state index is 8.23. The summed E-state index contributed by atoms with van der Waals surface area (Å²) in [6.07, 6.45) is -10.8. The number of hydrogen-bond acceptors (Lipinski definition) is 4. The average Bonchev–Trinajstić information content (AvgIpc) is 2.99. The Balaban J connectivity index is 2.21. The van der Waals surface area contributed by atoms with Crippen LogP contribution < -0.4 is 10.6 Å². The lowest BCUT2D eigenvalue weighted by molar-refractivity contribution is 0.00578. The van der Waals surface area contributed by atoms with Gasteiger partial charge in [0.2, 0.25) is 0 Å². The fourth-order valence-corrected chi connectivity index (χ4v) is 1.76. The van der Waals surface area contributed by atoms with E-state index in [2.05, 4.69) is 0 Å². The molecule has 0 spiro atoms. The first-order valence-corrected chi connectivity index (χ1v) is 6.25. The molecule has 1 aromatic rings. The molecule has 2 aliphatic rings. The number of anilines is 1. The minimum Gasteiger partial charge on any atom is -0.449 e. The van der Waals surface area contributed by atoms with Crippen LogP contribution in [0.5, 0.6) is 0 Å². The van der Waals surface area contributed by atoms with Crippen molar-refractivity contribution in [2.75, 3.05) is 17.9 Å². The lowest BCUT2D eigenvalue weighted by Gasteiger charge is -2.32. The van der Waals surface area contributed by atoms with Gasteiger partial charge in [-0.15, -0.1) is 0 Å². The van der Waals surface area contributed by atoms with E-state index in [0.29, 0.717) is 0 Å². The van der Waals surface area contributed by atoms with Crippen molar-refractivity contribution in [2.45, 2.75) is 58.0 Å². The van der Waals surface area contributed by atoms with Crippen LogP contribution in [0.4, 0.5) is 5.88 Å². The molecule has 1 aromatic heterocycles.